The van der Waals surface area contributed by atoms with Crippen LogP contribution in [0, 0.1) is 18.6 Å². The highest BCUT2D eigenvalue weighted by atomic mass is 32.2. The number of benzene rings is 2. The van der Waals surface area contributed by atoms with E-state index in [0.29, 0.717) is 0 Å². The molecule has 0 saturated carbocycles. The van der Waals surface area contributed by atoms with E-state index in [9.17, 15) is 17.2 Å². The number of aryl methyl sites for hydroxylation is 1. The summed E-state index contributed by atoms with van der Waals surface area (Å²) in [5.74, 6) is -2.18. The van der Waals surface area contributed by atoms with Crippen LogP contribution in [0.25, 0.3) is 0 Å². The number of nitrogens with one attached hydrogen (secondary N) is 1. The molecule has 0 amide bonds. The number of rotatable bonds is 5. The van der Waals surface area contributed by atoms with Gasteiger partial charge in [-0.15, -0.1) is 9.39 Å². The highest BCUT2D eigenvalue weighted by Gasteiger charge is 2.15. The first-order valence-electron chi connectivity index (χ1n) is 6.86. The molecular weight excluding hydrogens is 354 g/mol. The summed E-state index contributed by atoms with van der Waals surface area (Å²) in [6.07, 6.45) is 0.799. The van der Waals surface area contributed by atoms with Crippen molar-refractivity contribution in [1.82, 2.24) is 5.48 Å². The largest absolute Gasteiger partial charge is 0.367 e. The van der Waals surface area contributed by atoms with Crippen LogP contribution in [0.2, 0.25) is 0 Å². The lowest BCUT2D eigenvalue weighted by Gasteiger charge is -2.06. The van der Waals surface area contributed by atoms with Crippen molar-refractivity contribution in [2.45, 2.75) is 11.8 Å². The molecule has 0 unspecified atom stereocenters. The summed E-state index contributed by atoms with van der Waals surface area (Å²) >= 11 is 0. The fraction of sp³-hybridized carbons (Fsp3) is 0.0667. The molecule has 0 aliphatic carbocycles. The van der Waals surface area contributed by atoms with Crippen LogP contribution < -0.4 is 11.2 Å². The molecular formula is C15H14F2N4O3S. The summed E-state index contributed by atoms with van der Waals surface area (Å²) in [4.78, 5) is -0.0877. The number of hydrogen-bond acceptors (Lipinski definition) is 5. The maximum Gasteiger partial charge on any atom is 0.317 e. The van der Waals surface area contributed by atoms with Gasteiger partial charge in [-0.3, -0.25) is 0 Å². The summed E-state index contributed by atoms with van der Waals surface area (Å²) in [6, 6.07) is 9.21. The predicted octanol–water partition coefficient (Wildman–Crippen LogP) is 1.83. The normalized spacial score (nSPS) is 12.5. The summed E-state index contributed by atoms with van der Waals surface area (Å²) in [6.45, 7) is 1.80. The third-order valence-electron chi connectivity index (χ3n) is 2.92. The maximum atomic E-state index is 13.4. The van der Waals surface area contributed by atoms with Crippen LogP contribution in [0.1, 0.15) is 11.1 Å². The average Bonchev–Trinajstić information content (AvgIpc) is 2.56. The van der Waals surface area contributed by atoms with Gasteiger partial charge >= 0.3 is 10.1 Å². The lowest BCUT2D eigenvalue weighted by molar-refractivity contribution is 0.266. The van der Waals surface area contributed by atoms with E-state index in [-0.39, 0.29) is 4.90 Å². The molecule has 0 atom stereocenters. The quantitative estimate of drug-likeness (QED) is 0.476. The second kappa shape index (κ2) is 7.81. The molecule has 0 aliphatic heterocycles. The molecule has 0 radical (unpaired) electrons. The summed E-state index contributed by atoms with van der Waals surface area (Å²) in [7, 11) is -4.11. The summed E-state index contributed by atoms with van der Waals surface area (Å²) < 4.78 is 55.0. The van der Waals surface area contributed by atoms with Crippen LogP contribution in [0.15, 0.2) is 57.6 Å². The van der Waals surface area contributed by atoms with Gasteiger partial charge in [0.1, 0.15) is 11.6 Å². The van der Waals surface area contributed by atoms with Gasteiger partial charge in [0.2, 0.25) is 5.96 Å². The first-order chi connectivity index (χ1) is 11.8. The fourth-order valence-corrected chi connectivity index (χ4v) is 2.41. The minimum atomic E-state index is -4.11. The Morgan fingerprint density at radius 3 is 2.36 bits per heavy atom. The highest BCUT2D eigenvalue weighted by Crippen LogP contribution is 2.12. The lowest BCUT2D eigenvalue weighted by Crippen LogP contribution is -2.33. The average molecular weight is 368 g/mol. The summed E-state index contributed by atoms with van der Waals surface area (Å²) in [5.41, 5.74) is 7.73. The lowest BCUT2D eigenvalue weighted by atomic mass is 10.2. The van der Waals surface area contributed by atoms with Crippen LogP contribution in [-0.4, -0.2) is 20.6 Å². The second-order valence-corrected chi connectivity index (χ2v) is 6.36. The molecule has 10 heteroatoms. The Morgan fingerprint density at radius 2 is 1.76 bits per heavy atom. The van der Waals surface area contributed by atoms with Crippen LogP contribution >= 0.6 is 0 Å². The highest BCUT2D eigenvalue weighted by molar-refractivity contribution is 7.86. The third-order valence-corrected chi connectivity index (χ3v) is 4.07. The fourth-order valence-electron chi connectivity index (χ4n) is 1.65. The minimum absolute atomic E-state index is 0.0877. The Labute approximate surface area is 142 Å². The number of nitrogens with zero attached hydrogens (tertiary/aromatic N) is 2. The molecule has 2 rings (SSSR count). The summed E-state index contributed by atoms with van der Waals surface area (Å²) in [5, 5.41) is 6.71. The number of nitrogens with two attached hydrogens (primary N) is 1. The molecule has 0 bridgehead atoms. The Kier molecular flexibility index (Phi) is 5.78. The molecule has 25 heavy (non-hydrogen) atoms. The molecule has 0 spiro atoms. The number of hydroxylamine groups is 1. The van der Waals surface area contributed by atoms with E-state index in [2.05, 4.69) is 14.5 Å². The minimum Gasteiger partial charge on any atom is -0.367 e. The van der Waals surface area contributed by atoms with Crippen molar-refractivity contribution < 1.29 is 21.5 Å². The van der Waals surface area contributed by atoms with E-state index >= 15 is 0 Å². The zero-order chi connectivity index (χ0) is 18.4. The standard InChI is InChI=1S/C15H14F2N4O3S/c1-10-5-7-11(8-6-10)25(22,23)24-21-15(18)20-19-9-12-13(16)3-2-4-14(12)17/h2-9H,1H3,(H3,18,20,21). The molecule has 0 saturated heterocycles. The van der Waals surface area contributed by atoms with E-state index in [4.69, 9.17) is 5.73 Å². The van der Waals surface area contributed by atoms with Crippen molar-refractivity contribution in [2.24, 2.45) is 15.9 Å². The SMILES string of the molecule is Cc1ccc(S(=O)(=O)ONC(N)=NN=Cc2c(F)cccc2F)cc1. The van der Waals surface area contributed by atoms with E-state index in [0.717, 1.165) is 23.9 Å². The number of hydrogen-bond donors (Lipinski definition) is 2. The van der Waals surface area contributed by atoms with E-state index < -0.39 is 33.3 Å². The molecule has 0 aromatic heterocycles. The van der Waals surface area contributed by atoms with Gasteiger partial charge in [-0.2, -0.15) is 13.5 Å². The van der Waals surface area contributed by atoms with Gasteiger partial charge in [0.25, 0.3) is 0 Å². The molecule has 2 aromatic carbocycles. The van der Waals surface area contributed by atoms with Gasteiger partial charge in [-0.05, 0) is 31.2 Å². The van der Waals surface area contributed by atoms with Crippen molar-refractivity contribution in [3.8, 4) is 0 Å². The van der Waals surface area contributed by atoms with Crippen LogP contribution in [0.5, 0.6) is 0 Å². The van der Waals surface area contributed by atoms with Gasteiger partial charge in [0, 0.05) is 0 Å². The van der Waals surface area contributed by atoms with Crippen molar-refractivity contribution in [3.05, 3.63) is 65.2 Å². The van der Waals surface area contributed by atoms with Crippen LogP contribution in [0.4, 0.5) is 8.78 Å². The molecule has 132 valence electrons. The topological polar surface area (TPSA) is 106 Å². The van der Waals surface area contributed by atoms with Crippen molar-refractivity contribution in [2.75, 3.05) is 0 Å². The number of guanidine groups is 1. The van der Waals surface area contributed by atoms with Gasteiger partial charge < -0.3 is 5.73 Å². The first kappa shape index (κ1) is 18.5. The molecule has 0 heterocycles. The van der Waals surface area contributed by atoms with Crippen molar-refractivity contribution in [1.29, 1.82) is 0 Å². The van der Waals surface area contributed by atoms with Gasteiger partial charge in [0.15, 0.2) is 0 Å². The smallest absolute Gasteiger partial charge is 0.317 e. The molecule has 7 nitrogen and oxygen atoms in total. The molecule has 0 fully saturated rings. The van der Waals surface area contributed by atoms with E-state index in [1.807, 2.05) is 5.48 Å². The molecule has 2 aromatic rings. The van der Waals surface area contributed by atoms with E-state index in [1.165, 1.54) is 18.2 Å². The first-order valence-corrected chi connectivity index (χ1v) is 8.27. The third kappa shape index (κ3) is 5.06. The Balaban J connectivity index is 2.02. The Bertz CT molecular complexity index is 893. The zero-order valence-corrected chi connectivity index (χ0v) is 13.8. The monoisotopic (exact) mass is 368 g/mol. The van der Waals surface area contributed by atoms with Crippen molar-refractivity contribution >= 4 is 22.3 Å². The molecule has 0 aliphatic rings. The van der Waals surface area contributed by atoms with Gasteiger partial charge in [0.05, 0.1) is 16.7 Å². The Hall–Kier alpha value is -2.85. The number of halogens is 2. The predicted molar refractivity (Wildman–Crippen MR) is 88.2 cm³/mol. The maximum absolute atomic E-state index is 13.4. The van der Waals surface area contributed by atoms with Gasteiger partial charge in [-0.25, -0.2) is 14.3 Å². The zero-order valence-electron chi connectivity index (χ0n) is 13.0. The Morgan fingerprint density at radius 1 is 1.16 bits per heavy atom. The van der Waals surface area contributed by atoms with Crippen LogP contribution in [0.3, 0.4) is 0 Å². The molecule has 3 N–H and O–H groups in total. The van der Waals surface area contributed by atoms with Crippen LogP contribution in [-0.2, 0) is 14.4 Å². The van der Waals surface area contributed by atoms with Gasteiger partial charge in [-0.1, -0.05) is 23.8 Å². The van der Waals surface area contributed by atoms with E-state index in [1.54, 1.807) is 19.1 Å². The van der Waals surface area contributed by atoms with Crippen molar-refractivity contribution in [3.63, 3.8) is 0 Å². The second-order valence-electron chi connectivity index (χ2n) is 4.82.